The lowest BCUT2D eigenvalue weighted by atomic mass is 10.2. The minimum absolute atomic E-state index is 0.0910. The van der Waals surface area contributed by atoms with Crippen molar-refractivity contribution in [1.29, 1.82) is 0 Å². The highest BCUT2D eigenvalue weighted by Crippen LogP contribution is 2.27. The number of aromatic nitrogens is 2. The summed E-state index contributed by atoms with van der Waals surface area (Å²) >= 11 is 6.03. The summed E-state index contributed by atoms with van der Waals surface area (Å²) < 4.78 is 6.68. The smallest absolute Gasteiger partial charge is 0.335 e. The van der Waals surface area contributed by atoms with Crippen molar-refractivity contribution in [3.63, 3.8) is 0 Å². The van der Waals surface area contributed by atoms with Crippen molar-refractivity contribution in [2.75, 3.05) is 7.11 Å². The average Bonchev–Trinajstić information content (AvgIpc) is 2.54. The normalized spacial score (nSPS) is 10.7. The van der Waals surface area contributed by atoms with Crippen LogP contribution in [0.1, 0.15) is 10.4 Å². The molecular weight excluding hydrogens is 320 g/mol. The van der Waals surface area contributed by atoms with Gasteiger partial charge in [-0.25, -0.2) is 9.78 Å². The summed E-state index contributed by atoms with van der Waals surface area (Å²) in [5.41, 5.74) is 1.02. The molecule has 0 saturated heterocycles. The molecule has 0 aliphatic rings. The highest BCUT2D eigenvalue weighted by molar-refractivity contribution is 6.30. The molecule has 0 atom stereocenters. The van der Waals surface area contributed by atoms with Gasteiger partial charge in [-0.15, -0.1) is 0 Å². The van der Waals surface area contributed by atoms with E-state index in [1.807, 2.05) is 0 Å². The van der Waals surface area contributed by atoms with Crippen LogP contribution in [-0.4, -0.2) is 27.7 Å². The first kappa shape index (κ1) is 15.1. The minimum atomic E-state index is -1.06. The third-order valence-electron chi connectivity index (χ3n) is 3.38. The number of rotatable bonds is 3. The molecule has 6 nitrogen and oxygen atoms in total. The number of carboxylic acids is 1. The van der Waals surface area contributed by atoms with Crippen molar-refractivity contribution in [3.05, 3.63) is 63.5 Å². The highest BCUT2D eigenvalue weighted by Gasteiger charge is 2.13. The van der Waals surface area contributed by atoms with Gasteiger partial charge in [0.2, 0.25) is 0 Å². The molecule has 116 valence electrons. The molecule has 0 fully saturated rings. The number of carbonyl (C=O) groups is 1. The zero-order valence-corrected chi connectivity index (χ0v) is 12.7. The molecular formula is C16H11ClN2O4. The lowest BCUT2D eigenvalue weighted by Crippen LogP contribution is -2.19. The van der Waals surface area contributed by atoms with Gasteiger partial charge >= 0.3 is 5.97 Å². The third-order valence-corrected chi connectivity index (χ3v) is 3.61. The number of benzene rings is 2. The summed E-state index contributed by atoms with van der Waals surface area (Å²) in [6, 6.07) is 9.27. The summed E-state index contributed by atoms with van der Waals surface area (Å²) in [7, 11) is 1.49. The Hall–Kier alpha value is -2.86. The van der Waals surface area contributed by atoms with E-state index in [0.29, 0.717) is 27.5 Å². The predicted molar refractivity (Wildman–Crippen MR) is 85.9 cm³/mol. The van der Waals surface area contributed by atoms with Crippen molar-refractivity contribution in [2.24, 2.45) is 0 Å². The van der Waals surface area contributed by atoms with E-state index in [1.54, 1.807) is 18.2 Å². The number of hydrogen-bond donors (Lipinski definition) is 1. The summed E-state index contributed by atoms with van der Waals surface area (Å²) in [5, 5.41) is 9.51. The van der Waals surface area contributed by atoms with E-state index in [4.69, 9.17) is 21.4 Å². The van der Waals surface area contributed by atoms with Crippen LogP contribution in [0.2, 0.25) is 5.02 Å². The number of aromatic carboxylic acids is 1. The van der Waals surface area contributed by atoms with Gasteiger partial charge in [-0.3, -0.25) is 9.36 Å². The van der Waals surface area contributed by atoms with E-state index in [2.05, 4.69) is 4.98 Å². The van der Waals surface area contributed by atoms with Crippen LogP contribution in [0.25, 0.3) is 16.7 Å². The molecule has 1 heterocycles. The van der Waals surface area contributed by atoms with Crippen LogP contribution in [0.4, 0.5) is 0 Å². The van der Waals surface area contributed by atoms with Crippen LogP contribution in [0, 0.1) is 0 Å². The average molecular weight is 331 g/mol. The summed E-state index contributed by atoms with van der Waals surface area (Å²) in [4.78, 5) is 27.4. The van der Waals surface area contributed by atoms with Gasteiger partial charge in [0, 0.05) is 5.02 Å². The van der Waals surface area contributed by atoms with E-state index in [9.17, 15) is 9.59 Å². The van der Waals surface area contributed by atoms with Gasteiger partial charge in [0.15, 0.2) is 0 Å². The third kappa shape index (κ3) is 2.64. The molecule has 23 heavy (non-hydrogen) atoms. The molecule has 0 spiro atoms. The van der Waals surface area contributed by atoms with Gasteiger partial charge in [-0.2, -0.15) is 0 Å². The van der Waals surface area contributed by atoms with Crippen molar-refractivity contribution in [1.82, 2.24) is 9.55 Å². The van der Waals surface area contributed by atoms with Crippen molar-refractivity contribution < 1.29 is 14.6 Å². The molecule has 1 N–H and O–H groups in total. The fourth-order valence-corrected chi connectivity index (χ4v) is 2.50. The van der Waals surface area contributed by atoms with Crippen molar-refractivity contribution in [2.45, 2.75) is 0 Å². The predicted octanol–water partition coefficient (Wildman–Crippen LogP) is 2.75. The quantitative estimate of drug-likeness (QED) is 0.798. The molecule has 1 aromatic heterocycles. The molecule has 0 amide bonds. The van der Waals surface area contributed by atoms with Crippen molar-refractivity contribution in [3.8, 4) is 11.4 Å². The fraction of sp³-hybridized carbons (Fsp3) is 0.0625. The van der Waals surface area contributed by atoms with Crippen LogP contribution < -0.4 is 10.3 Å². The Morgan fingerprint density at radius 2 is 2.04 bits per heavy atom. The van der Waals surface area contributed by atoms with Gasteiger partial charge in [-0.1, -0.05) is 11.6 Å². The molecule has 0 aliphatic heterocycles. The zero-order valence-electron chi connectivity index (χ0n) is 12.0. The van der Waals surface area contributed by atoms with Crippen molar-refractivity contribution >= 4 is 28.6 Å². The van der Waals surface area contributed by atoms with Gasteiger partial charge in [0.1, 0.15) is 5.75 Å². The Kier molecular flexibility index (Phi) is 3.75. The first-order valence-electron chi connectivity index (χ1n) is 6.60. The van der Waals surface area contributed by atoms with Gasteiger partial charge in [0.05, 0.1) is 35.6 Å². The first-order valence-corrected chi connectivity index (χ1v) is 6.98. The Morgan fingerprint density at radius 1 is 1.26 bits per heavy atom. The molecule has 0 unspecified atom stereocenters. The largest absolute Gasteiger partial charge is 0.495 e. The Labute approximate surface area is 135 Å². The Balaban J connectivity index is 2.37. The first-order chi connectivity index (χ1) is 11.0. The summed E-state index contributed by atoms with van der Waals surface area (Å²) in [6.07, 6.45) is 1.13. The molecule has 2 aromatic carbocycles. The molecule has 0 bridgehead atoms. The van der Waals surface area contributed by atoms with Crippen LogP contribution in [0.3, 0.4) is 0 Å². The van der Waals surface area contributed by atoms with E-state index in [0.717, 1.165) is 6.20 Å². The van der Waals surface area contributed by atoms with E-state index < -0.39 is 5.97 Å². The van der Waals surface area contributed by atoms with Gasteiger partial charge in [0.25, 0.3) is 5.56 Å². The Bertz CT molecular complexity index is 981. The number of hydrogen-bond acceptors (Lipinski definition) is 4. The van der Waals surface area contributed by atoms with E-state index in [1.165, 1.54) is 29.9 Å². The topological polar surface area (TPSA) is 81.4 Å². The molecule has 0 aliphatic carbocycles. The maximum Gasteiger partial charge on any atom is 0.335 e. The van der Waals surface area contributed by atoms with Crippen LogP contribution in [0.15, 0.2) is 47.4 Å². The molecule has 0 radical (unpaired) electrons. The lowest BCUT2D eigenvalue weighted by Gasteiger charge is -2.14. The van der Waals surface area contributed by atoms with Crippen LogP contribution in [0.5, 0.6) is 5.75 Å². The fourth-order valence-electron chi connectivity index (χ4n) is 2.34. The second kappa shape index (κ2) is 5.73. The van der Waals surface area contributed by atoms with Crippen LogP contribution in [-0.2, 0) is 0 Å². The van der Waals surface area contributed by atoms with E-state index >= 15 is 0 Å². The van der Waals surface area contributed by atoms with E-state index in [-0.39, 0.29) is 11.1 Å². The monoisotopic (exact) mass is 330 g/mol. The number of ether oxygens (including phenoxy) is 1. The molecule has 0 saturated carbocycles. The number of methoxy groups -OCH3 is 1. The highest BCUT2D eigenvalue weighted by atomic mass is 35.5. The number of halogens is 1. The van der Waals surface area contributed by atoms with Gasteiger partial charge < -0.3 is 9.84 Å². The molecule has 3 rings (SSSR count). The minimum Gasteiger partial charge on any atom is -0.495 e. The number of carboxylic acid groups (broad SMARTS) is 1. The lowest BCUT2D eigenvalue weighted by molar-refractivity contribution is 0.0697. The summed E-state index contributed by atoms with van der Waals surface area (Å²) in [5.74, 6) is -0.599. The second-order valence-electron chi connectivity index (χ2n) is 4.76. The molecule has 7 heteroatoms. The van der Waals surface area contributed by atoms with Crippen LogP contribution >= 0.6 is 11.6 Å². The zero-order chi connectivity index (χ0) is 16.6. The maximum absolute atomic E-state index is 12.3. The SMILES string of the molecule is COc1ccc(Cl)cc1-n1c(=O)cnc2cc(C(=O)O)ccc21. The molecule has 3 aromatic rings. The number of nitrogens with zero attached hydrogens (tertiary/aromatic N) is 2. The Morgan fingerprint density at radius 3 is 2.74 bits per heavy atom. The summed E-state index contributed by atoms with van der Waals surface area (Å²) in [6.45, 7) is 0. The maximum atomic E-state index is 12.3. The number of fused-ring (bicyclic) bond motifs is 1. The standard InChI is InChI=1S/C16H11ClN2O4/c1-23-14-5-3-10(17)7-13(14)19-12-4-2-9(16(21)22)6-11(12)18-8-15(19)20/h2-8H,1H3,(H,21,22). The van der Waals surface area contributed by atoms with Gasteiger partial charge in [-0.05, 0) is 36.4 Å². The second-order valence-corrected chi connectivity index (χ2v) is 5.19.